The van der Waals surface area contributed by atoms with Gasteiger partial charge in [-0.2, -0.15) is 0 Å². The first-order chi connectivity index (χ1) is 27.3. The Morgan fingerprint density at radius 2 is 0.949 bits per heavy atom. The van der Waals surface area contributed by atoms with Gasteiger partial charge in [-0.15, -0.1) is 0 Å². The average Bonchev–Trinajstić information content (AvgIpc) is 3.48. The van der Waals surface area contributed by atoms with E-state index in [1.807, 2.05) is 27.7 Å². The summed E-state index contributed by atoms with van der Waals surface area (Å²) in [5.74, 6) is 6.55. The van der Waals surface area contributed by atoms with E-state index in [2.05, 4.69) is 96.9 Å². The number of aliphatic hydroxyl groups is 5. The van der Waals surface area contributed by atoms with E-state index in [0.717, 1.165) is 68.6 Å². The minimum Gasteiger partial charge on any atom is -0.393 e. The molecule has 0 bridgehead atoms. The molecule has 5 aliphatic rings. The second kappa shape index (κ2) is 35.2. The van der Waals surface area contributed by atoms with Crippen LogP contribution >= 0.6 is 0 Å². The fourth-order valence-corrected chi connectivity index (χ4v) is 6.64. The molecule has 0 amide bonds. The summed E-state index contributed by atoms with van der Waals surface area (Å²) >= 11 is 0. The number of rotatable bonds is 8. The number of hydrogen-bond donors (Lipinski definition) is 5. The molecule has 5 aliphatic carbocycles. The Labute approximate surface area is 377 Å². The molecule has 6 nitrogen and oxygen atoms in total. The van der Waals surface area contributed by atoms with Gasteiger partial charge in [0.15, 0.2) is 0 Å². The molecule has 3 atom stereocenters. The zero-order valence-electron chi connectivity index (χ0n) is 45.2. The van der Waals surface area contributed by atoms with Gasteiger partial charge in [-0.05, 0) is 151 Å². The summed E-state index contributed by atoms with van der Waals surface area (Å²) in [7, 11) is 1.70. The van der Waals surface area contributed by atoms with Crippen LogP contribution in [0.5, 0.6) is 0 Å². The van der Waals surface area contributed by atoms with E-state index in [1.165, 1.54) is 58.3 Å². The smallest absolute Gasteiger partial charge is 0.0672 e. The summed E-state index contributed by atoms with van der Waals surface area (Å²) in [4.78, 5) is 0. The first-order valence-electron chi connectivity index (χ1n) is 25.5. The highest BCUT2D eigenvalue weighted by Crippen LogP contribution is 2.41. The van der Waals surface area contributed by atoms with E-state index in [4.69, 9.17) is 14.2 Å². The third-order valence-corrected chi connectivity index (χ3v) is 13.5. The van der Waals surface area contributed by atoms with Crippen molar-refractivity contribution >= 4 is 0 Å². The van der Waals surface area contributed by atoms with Crippen molar-refractivity contribution < 1.29 is 34.6 Å². The summed E-state index contributed by atoms with van der Waals surface area (Å²) < 4.78 is 21.7. The highest BCUT2D eigenvalue weighted by atomic mass is 16.5. The molecule has 6 heteroatoms. The van der Waals surface area contributed by atoms with Crippen LogP contribution < -0.4 is 0 Å². The van der Waals surface area contributed by atoms with Gasteiger partial charge in [-0.1, -0.05) is 151 Å². The SMILES string of the molecule is C.C.CC(C)C1(O)CC1.CC(C)C1(O)CCC1.CC(C)C1(O)CCCC1.CC(C)C1CCCC1O.CC1CC(C(C)C)C1.CCC(C)C.COC(C)C.[3H]C(C)(O)C(C)C.[3H][3H]. The molecule has 0 aromatic rings. The number of aliphatic hydroxyl groups excluding tert-OH is 1. The van der Waals surface area contributed by atoms with Crippen LogP contribution in [0, 0.1) is 59.2 Å². The van der Waals surface area contributed by atoms with Crippen molar-refractivity contribution in [3.05, 3.63) is 0 Å². The van der Waals surface area contributed by atoms with Gasteiger partial charge in [0.2, 0.25) is 0 Å². The molecular formula is C53H118O6. The third-order valence-electron chi connectivity index (χ3n) is 13.5. The molecule has 0 radical (unpaired) electrons. The molecule has 5 fully saturated rings. The van der Waals surface area contributed by atoms with Crippen molar-refractivity contribution in [2.75, 3.05) is 7.11 Å². The van der Waals surface area contributed by atoms with Gasteiger partial charge in [-0.3, -0.25) is 0 Å². The van der Waals surface area contributed by atoms with Crippen molar-refractivity contribution in [1.82, 2.24) is 0 Å². The second-order valence-electron chi connectivity index (χ2n) is 21.2. The summed E-state index contributed by atoms with van der Waals surface area (Å²) in [5, 5.41) is 46.6. The Morgan fingerprint density at radius 3 is 1.03 bits per heavy atom. The van der Waals surface area contributed by atoms with E-state index < -0.39 is 6.08 Å². The van der Waals surface area contributed by atoms with Crippen LogP contribution in [-0.4, -0.2) is 67.7 Å². The van der Waals surface area contributed by atoms with E-state index in [0.29, 0.717) is 35.7 Å². The molecule has 59 heavy (non-hydrogen) atoms. The first kappa shape index (κ1) is 63.1. The highest BCUT2D eigenvalue weighted by molar-refractivity contribution is 4.95. The molecule has 0 aromatic heterocycles. The zero-order valence-corrected chi connectivity index (χ0v) is 42.2. The lowest BCUT2D eigenvalue weighted by molar-refractivity contribution is -0.0719. The maximum Gasteiger partial charge on any atom is 0.0672 e. The quantitative estimate of drug-likeness (QED) is 0.166. The fourth-order valence-electron chi connectivity index (χ4n) is 6.64. The molecular weight excluding hydrogens is 733 g/mol. The van der Waals surface area contributed by atoms with Gasteiger partial charge >= 0.3 is 0 Å². The van der Waals surface area contributed by atoms with E-state index in [1.54, 1.807) is 7.11 Å². The molecule has 0 spiro atoms. The number of methoxy groups -OCH3 is 1. The molecule has 0 saturated heterocycles. The largest absolute Gasteiger partial charge is 0.393 e. The Hall–Kier alpha value is -0.240. The van der Waals surface area contributed by atoms with Crippen LogP contribution in [0.25, 0.3) is 0 Å². The van der Waals surface area contributed by atoms with Crippen LogP contribution in [-0.2, 0) is 4.74 Å². The maximum absolute atomic E-state index is 9.77. The lowest BCUT2D eigenvalue weighted by atomic mass is 9.71. The van der Waals surface area contributed by atoms with Crippen LogP contribution in [0.1, 0.15) is 247 Å². The molecule has 3 unspecified atom stereocenters. The Bertz CT molecular complexity index is 926. The molecule has 0 heterocycles. The van der Waals surface area contributed by atoms with Crippen LogP contribution in [0.15, 0.2) is 0 Å². The summed E-state index contributed by atoms with van der Waals surface area (Å²) in [5.41, 5.74) is -0.833. The van der Waals surface area contributed by atoms with Crippen molar-refractivity contribution in [3.63, 3.8) is 0 Å². The fraction of sp³-hybridized carbons (Fsp3) is 1.00. The number of hydrogen-bond acceptors (Lipinski definition) is 6. The zero-order chi connectivity index (χ0) is 48.2. The van der Waals surface area contributed by atoms with Crippen molar-refractivity contribution in [1.29, 1.82) is 0 Å². The molecule has 366 valence electrons. The monoisotopic (exact) mass is 857 g/mol. The van der Waals surface area contributed by atoms with Crippen molar-refractivity contribution in [2.45, 2.75) is 278 Å². The minimum atomic E-state index is -1.25. The third kappa shape index (κ3) is 33.0. The Morgan fingerprint density at radius 1 is 0.627 bits per heavy atom. The van der Waals surface area contributed by atoms with Gasteiger partial charge in [0.1, 0.15) is 0 Å². The Kier molecular flexibility index (Phi) is 37.6. The second-order valence-corrected chi connectivity index (χ2v) is 21.2. The summed E-state index contributed by atoms with van der Waals surface area (Å²) in [6.07, 6.45) is 16.7. The van der Waals surface area contributed by atoms with Gasteiger partial charge in [0.25, 0.3) is 0 Å². The van der Waals surface area contributed by atoms with Crippen LogP contribution in [0.3, 0.4) is 0 Å². The van der Waals surface area contributed by atoms with Gasteiger partial charge in [-0.25, -0.2) is 0 Å². The van der Waals surface area contributed by atoms with Crippen molar-refractivity contribution in [3.8, 4) is 0 Å². The van der Waals surface area contributed by atoms with E-state index in [-0.39, 0.29) is 43.7 Å². The van der Waals surface area contributed by atoms with Crippen molar-refractivity contribution in [2.24, 2.45) is 59.2 Å². The van der Waals surface area contributed by atoms with E-state index >= 15 is 0 Å². The number of ether oxygens (including phenoxy) is 1. The van der Waals surface area contributed by atoms with Gasteiger partial charge < -0.3 is 30.3 Å². The van der Waals surface area contributed by atoms with Crippen LogP contribution in [0.4, 0.5) is 0 Å². The normalized spacial score (nSPS) is 25.1. The summed E-state index contributed by atoms with van der Waals surface area (Å²) in [6.45, 7) is 39.6. The highest BCUT2D eigenvalue weighted by Gasteiger charge is 2.43. The molecule has 5 N–H and O–H groups in total. The summed E-state index contributed by atoms with van der Waals surface area (Å²) in [6, 6.07) is 0. The van der Waals surface area contributed by atoms with Gasteiger partial charge in [0, 0.05) is 10.1 Å². The Balaban J connectivity index is -0.000000144. The standard InChI is InChI=1S/2C8H16O.C8H16.C7H14O.C6H12O.C5H12O.C5H12.C4H10O.2CH4.H2/c1-7(2)8(9)5-3-4-6-8;1-6(2)7-4-3-5-8(7)9;1-6(2)8-4-7(3)5-8;1-6(2)7(8)4-3-5-7;1-5(2)6(7)3-4-6;1-4(2)5(3)6;1-4-5(2)3;1-4(2)5-3;;;/h7,9H,3-6H2,1-2H3;6-9H,3-5H2,1-2H3;6-8H,4-5H2,1-3H3;6,8H,3-5H2,1-2H3;5,7H,3-4H2,1-2H3;4-6H,1-3H3;5H,4H2,1-3H3;4H,1-3H3;2*1H4;1H/i;;;;;5T;;;;;1+2T. The molecule has 5 rings (SSSR count). The lowest BCUT2D eigenvalue weighted by Gasteiger charge is -2.40. The average molecular weight is 858 g/mol. The predicted octanol–water partition coefficient (Wildman–Crippen LogP) is 14.8. The maximum atomic E-state index is 9.77. The molecule has 0 aliphatic heterocycles. The predicted molar refractivity (Wildman–Crippen MR) is 265 cm³/mol. The lowest BCUT2D eigenvalue weighted by Crippen LogP contribution is -2.41. The molecule has 5 saturated carbocycles. The topological polar surface area (TPSA) is 110 Å². The van der Waals surface area contributed by atoms with Gasteiger partial charge in [0.05, 0.1) is 36.5 Å². The molecule has 0 aromatic carbocycles. The first-order valence-corrected chi connectivity index (χ1v) is 24.0. The van der Waals surface area contributed by atoms with E-state index in [9.17, 15) is 20.4 Å². The minimum absolute atomic E-state index is 0. The van der Waals surface area contributed by atoms with Crippen LogP contribution in [0.2, 0.25) is 0 Å².